The van der Waals surface area contributed by atoms with Gasteiger partial charge in [0.15, 0.2) is 8.32 Å². The van der Waals surface area contributed by atoms with Gasteiger partial charge < -0.3 is 4.43 Å². The Kier molecular flexibility index (Phi) is 7.70. The number of hydrogen-bond donors (Lipinski definition) is 0. The van der Waals surface area contributed by atoms with Crippen molar-refractivity contribution in [1.82, 2.24) is 0 Å². The molecule has 0 amide bonds. The standard InChI is InChI=1S/C15H31IOSi/c1-8-9-11-15(5,12-10-13-16)17-18(6,7)14(2,3)4/h10,13H,8-9,11-12H2,1-7H3/b13-10+. The van der Waals surface area contributed by atoms with Gasteiger partial charge in [0, 0.05) is 0 Å². The summed E-state index contributed by atoms with van der Waals surface area (Å²) in [4.78, 5) is 0. The molecule has 0 aliphatic heterocycles. The molecule has 0 saturated heterocycles. The predicted molar refractivity (Wildman–Crippen MR) is 94.0 cm³/mol. The summed E-state index contributed by atoms with van der Waals surface area (Å²) in [6.07, 6.45) is 6.92. The molecule has 1 atom stereocenters. The first kappa shape index (κ1) is 18.6. The molecule has 1 nitrogen and oxygen atoms in total. The molecule has 0 aromatic rings. The van der Waals surface area contributed by atoms with Gasteiger partial charge >= 0.3 is 0 Å². The van der Waals surface area contributed by atoms with E-state index in [-0.39, 0.29) is 10.6 Å². The van der Waals surface area contributed by atoms with Crippen molar-refractivity contribution in [2.24, 2.45) is 0 Å². The lowest BCUT2D eigenvalue weighted by molar-refractivity contribution is 0.0636. The minimum atomic E-state index is -1.68. The first-order chi connectivity index (χ1) is 8.08. The van der Waals surface area contributed by atoms with Gasteiger partial charge in [-0.15, -0.1) is 0 Å². The second kappa shape index (κ2) is 7.43. The lowest BCUT2D eigenvalue weighted by Gasteiger charge is -2.44. The second-order valence-corrected chi connectivity index (χ2v) is 12.4. The first-order valence-corrected chi connectivity index (χ1v) is 11.2. The van der Waals surface area contributed by atoms with E-state index in [0.29, 0.717) is 0 Å². The van der Waals surface area contributed by atoms with Gasteiger partial charge in [0.1, 0.15) is 0 Å². The van der Waals surface area contributed by atoms with E-state index in [1.807, 2.05) is 0 Å². The number of unbranched alkanes of at least 4 members (excludes halogenated alkanes) is 1. The van der Waals surface area contributed by atoms with E-state index in [1.165, 1.54) is 12.8 Å². The van der Waals surface area contributed by atoms with Gasteiger partial charge in [-0.05, 0) is 42.0 Å². The van der Waals surface area contributed by atoms with Crippen LogP contribution >= 0.6 is 22.6 Å². The van der Waals surface area contributed by atoms with Gasteiger partial charge in [-0.1, -0.05) is 69.2 Å². The van der Waals surface area contributed by atoms with Crippen LogP contribution in [-0.2, 0) is 4.43 Å². The largest absolute Gasteiger partial charge is 0.411 e. The minimum absolute atomic E-state index is 0.0146. The maximum Gasteiger partial charge on any atom is 0.192 e. The fraction of sp³-hybridized carbons (Fsp3) is 0.867. The van der Waals surface area contributed by atoms with E-state index in [4.69, 9.17) is 4.43 Å². The summed E-state index contributed by atoms with van der Waals surface area (Å²) in [5.74, 6) is 0. The van der Waals surface area contributed by atoms with E-state index < -0.39 is 8.32 Å². The molecule has 3 heteroatoms. The quantitative estimate of drug-likeness (QED) is 0.371. The van der Waals surface area contributed by atoms with E-state index >= 15 is 0 Å². The monoisotopic (exact) mass is 382 g/mol. The van der Waals surface area contributed by atoms with Gasteiger partial charge in [-0.25, -0.2) is 0 Å². The van der Waals surface area contributed by atoms with Crippen LogP contribution < -0.4 is 0 Å². The molecule has 108 valence electrons. The average molecular weight is 382 g/mol. The molecule has 0 saturated carbocycles. The molecule has 0 bridgehead atoms. The molecule has 0 fully saturated rings. The molecule has 0 radical (unpaired) electrons. The highest BCUT2D eigenvalue weighted by Crippen LogP contribution is 2.41. The van der Waals surface area contributed by atoms with Gasteiger partial charge in [-0.3, -0.25) is 0 Å². The zero-order valence-electron chi connectivity index (χ0n) is 13.3. The van der Waals surface area contributed by atoms with Crippen LogP contribution in [0.15, 0.2) is 10.2 Å². The Hall–Kier alpha value is 0.647. The molecule has 0 heterocycles. The molecule has 0 aliphatic rings. The van der Waals surface area contributed by atoms with E-state index in [9.17, 15) is 0 Å². The van der Waals surface area contributed by atoms with Crippen LogP contribution in [0, 0.1) is 0 Å². The maximum atomic E-state index is 6.68. The van der Waals surface area contributed by atoms with Crippen LogP contribution in [0.2, 0.25) is 18.1 Å². The molecule has 0 aliphatic carbocycles. The van der Waals surface area contributed by atoms with Gasteiger partial charge in [0.25, 0.3) is 0 Å². The Morgan fingerprint density at radius 1 is 1.17 bits per heavy atom. The highest BCUT2D eigenvalue weighted by atomic mass is 127. The maximum absolute atomic E-state index is 6.68. The van der Waals surface area contributed by atoms with E-state index in [0.717, 1.165) is 12.8 Å². The smallest absolute Gasteiger partial charge is 0.192 e. The van der Waals surface area contributed by atoms with Crippen LogP contribution in [0.1, 0.15) is 60.3 Å². The average Bonchev–Trinajstić information content (AvgIpc) is 2.21. The summed E-state index contributed by atoms with van der Waals surface area (Å²) >= 11 is 2.29. The molecule has 1 unspecified atom stereocenters. The van der Waals surface area contributed by atoms with Crippen LogP contribution in [0.25, 0.3) is 0 Å². The molecular weight excluding hydrogens is 351 g/mol. The predicted octanol–water partition coefficient (Wildman–Crippen LogP) is 6.30. The molecule has 0 rings (SSSR count). The Morgan fingerprint density at radius 3 is 2.11 bits per heavy atom. The van der Waals surface area contributed by atoms with Crippen molar-refractivity contribution in [1.29, 1.82) is 0 Å². The van der Waals surface area contributed by atoms with Gasteiger partial charge in [0.2, 0.25) is 0 Å². The summed E-state index contributed by atoms with van der Waals surface area (Å²) in [5.41, 5.74) is 0.0146. The van der Waals surface area contributed by atoms with Crippen molar-refractivity contribution >= 4 is 30.9 Å². The fourth-order valence-corrected chi connectivity index (χ4v) is 3.79. The molecular formula is C15H31IOSi. The van der Waals surface area contributed by atoms with Crippen LogP contribution in [0.3, 0.4) is 0 Å². The van der Waals surface area contributed by atoms with E-state index in [1.54, 1.807) is 0 Å². The molecule has 0 aromatic carbocycles. The summed E-state index contributed by atoms with van der Waals surface area (Å²) < 4.78 is 8.79. The van der Waals surface area contributed by atoms with E-state index in [2.05, 4.69) is 80.5 Å². The Morgan fingerprint density at radius 2 is 1.72 bits per heavy atom. The fourth-order valence-electron chi connectivity index (χ4n) is 1.81. The van der Waals surface area contributed by atoms with Crippen LogP contribution in [0.5, 0.6) is 0 Å². The summed E-state index contributed by atoms with van der Waals surface area (Å²) in [7, 11) is -1.68. The highest BCUT2D eigenvalue weighted by molar-refractivity contribution is 14.1. The second-order valence-electron chi connectivity index (χ2n) is 6.98. The third-order valence-electron chi connectivity index (χ3n) is 4.01. The van der Waals surface area contributed by atoms with Crippen molar-refractivity contribution in [3.8, 4) is 0 Å². The zero-order valence-corrected chi connectivity index (χ0v) is 16.4. The Bertz CT molecular complexity index is 268. The first-order valence-electron chi connectivity index (χ1n) is 7.03. The van der Waals surface area contributed by atoms with Crippen LogP contribution in [0.4, 0.5) is 0 Å². The zero-order chi connectivity index (χ0) is 14.4. The lowest BCUT2D eigenvalue weighted by atomic mass is 9.96. The van der Waals surface area contributed by atoms with Crippen molar-refractivity contribution in [2.75, 3.05) is 0 Å². The highest BCUT2D eigenvalue weighted by Gasteiger charge is 2.42. The minimum Gasteiger partial charge on any atom is -0.411 e. The Labute approximate surface area is 129 Å². The number of rotatable bonds is 7. The van der Waals surface area contributed by atoms with Crippen molar-refractivity contribution in [3.05, 3.63) is 10.2 Å². The van der Waals surface area contributed by atoms with Crippen molar-refractivity contribution < 1.29 is 4.43 Å². The molecule has 0 spiro atoms. The number of hydrogen-bond acceptors (Lipinski definition) is 1. The van der Waals surface area contributed by atoms with Gasteiger partial charge in [0.05, 0.1) is 5.60 Å². The third kappa shape index (κ3) is 6.20. The Balaban J connectivity index is 4.87. The number of halogens is 1. The molecule has 0 N–H and O–H groups in total. The van der Waals surface area contributed by atoms with Gasteiger partial charge in [-0.2, -0.15) is 0 Å². The summed E-state index contributed by atoms with van der Waals surface area (Å²) in [6.45, 7) is 16.2. The van der Waals surface area contributed by atoms with Crippen LogP contribution in [-0.4, -0.2) is 13.9 Å². The van der Waals surface area contributed by atoms with Crippen molar-refractivity contribution in [3.63, 3.8) is 0 Å². The summed E-state index contributed by atoms with van der Waals surface area (Å²) in [6, 6.07) is 0. The normalized spacial score (nSPS) is 17.1. The lowest BCUT2D eigenvalue weighted by Crippen LogP contribution is -2.48. The van der Waals surface area contributed by atoms with Crippen molar-refractivity contribution in [2.45, 2.75) is 84.0 Å². The topological polar surface area (TPSA) is 9.23 Å². The SMILES string of the molecule is CCCCC(C)(C/C=C/I)O[Si](C)(C)C(C)(C)C. The third-order valence-corrected chi connectivity index (χ3v) is 9.13. The molecule has 0 aromatic heterocycles. The summed E-state index contributed by atoms with van der Waals surface area (Å²) in [5, 5.41) is 0.286. The molecule has 18 heavy (non-hydrogen) atoms.